The minimum atomic E-state index is -0.585. The number of carbonyl (C=O) groups is 1. The predicted octanol–water partition coefficient (Wildman–Crippen LogP) is 5.61. The molecule has 1 aliphatic rings. The molecule has 0 aliphatic carbocycles. The van der Waals surface area contributed by atoms with Crippen LogP contribution < -0.4 is 4.74 Å². The number of hydrogen-bond acceptors (Lipinski definition) is 5. The Balaban J connectivity index is 1.47. The lowest BCUT2D eigenvalue weighted by molar-refractivity contribution is -0.141. The van der Waals surface area contributed by atoms with E-state index in [0.717, 1.165) is 20.9 Å². The van der Waals surface area contributed by atoms with E-state index in [4.69, 9.17) is 14.2 Å². The number of aromatic nitrogens is 2. The maximum atomic E-state index is 13.3. The fraction of sp³-hybridized carbons (Fsp3) is 0.259. The van der Waals surface area contributed by atoms with Crippen molar-refractivity contribution < 1.29 is 19.0 Å². The van der Waals surface area contributed by atoms with Crippen LogP contribution in [0.5, 0.6) is 5.75 Å². The molecule has 4 aromatic rings. The Morgan fingerprint density at radius 1 is 1.18 bits per heavy atom. The van der Waals surface area contributed by atoms with Crippen molar-refractivity contribution in [2.24, 2.45) is 0 Å². The monoisotopic (exact) mass is 520 g/mol. The SMILES string of the molecule is CC1(C)OCC(COc2ccc3c(C(=O)c4ccc(Br)cn4)cn(Cc4ccccc4)c3c2)O1. The largest absolute Gasteiger partial charge is 0.491 e. The van der Waals surface area contributed by atoms with Crippen LogP contribution in [0.2, 0.25) is 0 Å². The second-order valence-corrected chi connectivity index (χ2v) is 9.70. The Morgan fingerprint density at radius 2 is 2.00 bits per heavy atom. The van der Waals surface area contributed by atoms with Gasteiger partial charge in [0.05, 0.1) is 12.1 Å². The molecule has 3 heterocycles. The van der Waals surface area contributed by atoms with Crippen molar-refractivity contribution in [3.8, 4) is 5.75 Å². The van der Waals surface area contributed by atoms with Gasteiger partial charge in [-0.3, -0.25) is 9.78 Å². The van der Waals surface area contributed by atoms with Crippen LogP contribution in [0.15, 0.2) is 77.5 Å². The molecule has 0 bridgehead atoms. The molecule has 2 aromatic heterocycles. The van der Waals surface area contributed by atoms with Gasteiger partial charge in [0.1, 0.15) is 24.2 Å². The number of ketones is 1. The third-order valence-corrected chi connectivity index (χ3v) is 6.23. The van der Waals surface area contributed by atoms with Gasteiger partial charge in [-0.25, -0.2) is 0 Å². The molecule has 1 aliphatic heterocycles. The number of fused-ring (bicyclic) bond motifs is 1. The van der Waals surface area contributed by atoms with Gasteiger partial charge in [0.15, 0.2) is 5.79 Å². The van der Waals surface area contributed by atoms with Crippen molar-refractivity contribution in [3.63, 3.8) is 0 Å². The highest BCUT2D eigenvalue weighted by molar-refractivity contribution is 9.10. The van der Waals surface area contributed by atoms with Crippen LogP contribution >= 0.6 is 15.9 Å². The second-order valence-electron chi connectivity index (χ2n) is 8.79. The third-order valence-electron chi connectivity index (χ3n) is 5.76. The molecule has 5 rings (SSSR count). The average Bonchev–Trinajstić information content (AvgIpc) is 3.37. The molecule has 6 nitrogen and oxygen atoms in total. The third kappa shape index (κ3) is 4.92. The highest BCUT2D eigenvalue weighted by atomic mass is 79.9. The first kappa shape index (κ1) is 22.8. The van der Waals surface area contributed by atoms with E-state index in [0.29, 0.717) is 36.8 Å². The Bertz CT molecular complexity index is 1320. The molecule has 1 unspecified atom stereocenters. The molecule has 1 saturated heterocycles. The van der Waals surface area contributed by atoms with Gasteiger partial charge in [-0.15, -0.1) is 0 Å². The first-order valence-electron chi connectivity index (χ1n) is 11.2. The minimum absolute atomic E-state index is 0.114. The van der Waals surface area contributed by atoms with Crippen molar-refractivity contribution in [2.75, 3.05) is 13.2 Å². The second kappa shape index (κ2) is 9.33. The summed E-state index contributed by atoms with van der Waals surface area (Å²) in [6.45, 7) is 5.32. The highest BCUT2D eigenvalue weighted by Gasteiger charge is 2.33. The van der Waals surface area contributed by atoms with Gasteiger partial charge in [-0.05, 0) is 59.6 Å². The lowest BCUT2D eigenvalue weighted by Gasteiger charge is -2.17. The van der Waals surface area contributed by atoms with E-state index in [1.165, 1.54) is 0 Å². The zero-order chi connectivity index (χ0) is 23.7. The zero-order valence-electron chi connectivity index (χ0n) is 19.0. The Hall–Kier alpha value is -3.00. The summed E-state index contributed by atoms with van der Waals surface area (Å²) < 4.78 is 20.4. The van der Waals surface area contributed by atoms with Crippen molar-refractivity contribution in [3.05, 3.63) is 94.4 Å². The van der Waals surface area contributed by atoms with Gasteiger partial charge in [0.25, 0.3) is 0 Å². The molecule has 0 N–H and O–H groups in total. The maximum absolute atomic E-state index is 13.3. The van der Waals surface area contributed by atoms with Gasteiger partial charge in [0.2, 0.25) is 5.78 Å². The first-order valence-corrected chi connectivity index (χ1v) is 11.9. The van der Waals surface area contributed by atoms with Crippen molar-refractivity contribution >= 4 is 32.6 Å². The average molecular weight is 521 g/mol. The fourth-order valence-electron chi connectivity index (χ4n) is 4.14. The summed E-state index contributed by atoms with van der Waals surface area (Å²) in [7, 11) is 0. The molecule has 0 saturated carbocycles. The van der Waals surface area contributed by atoms with E-state index in [-0.39, 0.29) is 11.9 Å². The van der Waals surface area contributed by atoms with E-state index in [1.54, 1.807) is 12.3 Å². The van der Waals surface area contributed by atoms with Crippen LogP contribution in [0.1, 0.15) is 35.5 Å². The van der Waals surface area contributed by atoms with Crippen molar-refractivity contribution in [2.45, 2.75) is 32.3 Å². The quantitative estimate of drug-likeness (QED) is 0.296. The van der Waals surface area contributed by atoms with Crippen molar-refractivity contribution in [1.29, 1.82) is 0 Å². The zero-order valence-corrected chi connectivity index (χ0v) is 20.6. The van der Waals surface area contributed by atoms with E-state index in [2.05, 4.69) is 37.6 Å². The van der Waals surface area contributed by atoms with Gasteiger partial charge < -0.3 is 18.8 Å². The molecule has 1 fully saturated rings. The van der Waals surface area contributed by atoms with Crippen LogP contribution in [0.3, 0.4) is 0 Å². The summed E-state index contributed by atoms with van der Waals surface area (Å²) in [5.74, 6) is 0.0179. The molecular formula is C27H25BrN2O4. The fourth-order valence-corrected chi connectivity index (χ4v) is 4.37. The number of ether oxygens (including phenoxy) is 3. The lowest BCUT2D eigenvalue weighted by atomic mass is 10.1. The minimum Gasteiger partial charge on any atom is -0.491 e. The molecule has 2 aromatic carbocycles. The molecule has 0 spiro atoms. The number of pyridine rings is 1. The summed E-state index contributed by atoms with van der Waals surface area (Å²) in [5, 5.41) is 0.861. The summed E-state index contributed by atoms with van der Waals surface area (Å²) in [5.41, 5.74) is 3.08. The molecule has 7 heteroatoms. The van der Waals surface area contributed by atoms with Crippen LogP contribution in [0.4, 0.5) is 0 Å². The topological polar surface area (TPSA) is 62.6 Å². The molecule has 0 radical (unpaired) electrons. The number of nitrogens with zero attached hydrogens (tertiary/aromatic N) is 2. The summed E-state index contributed by atoms with van der Waals surface area (Å²) in [4.78, 5) is 17.6. The molecule has 1 atom stereocenters. The van der Waals surface area contributed by atoms with Crippen molar-refractivity contribution in [1.82, 2.24) is 9.55 Å². The molecular weight excluding hydrogens is 496 g/mol. The number of benzene rings is 2. The summed E-state index contributed by atoms with van der Waals surface area (Å²) >= 11 is 3.38. The Kier molecular flexibility index (Phi) is 6.25. The number of hydrogen-bond donors (Lipinski definition) is 0. The predicted molar refractivity (Wildman–Crippen MR) is 133 cm³/mol. The van der Waals surface area contributed by atoms with E-state index in [1.807, 2.05) is 62.5 Å². The summed E-state index contributed by atoms with van der Waals surface area (Å²) in [6, 6.07) is 19.5. The van der Waals surface area contributed by atoms with E-state index in [9.17, 15) is 4.79 Å². The van der Waals surface area contributed by atoms with Gasteiger partial charge in [-0.2, -0.15) is 0 Å². The normalized spacial score (nSPS) is 17.2. The van der Waals surface area contributed by atoms with Crippen LogP contribution in [0.25, 0.3) is 10.9 Å². The van der Waals surface area contributed by atoms with Crippen LogP contribution in [-0.2, 0) is 16.0 Å². The first-order chi connectivity index (χ1) is 16.4. The smallest absolute Gasteiger partial charge is 0.213 e. The summed E-state index contributed by atoms with van der Waals surface area (Å²) in [6.07, 6.45) is 3.42. The lowest BCUT2D eigenvalue weighted by Crippen LogP contribution is -2.25. The van der Waals surface area contributed by atoms with E-state index >= 15 is 0 Å². The Labute approximate surface area is 206 Å². The molecule has 34 heavy (non-hydrogen) atoms. The maximum Gasteiger partial charge on any atom is 0.213 e. The molecule has 174 valence electrons. The molecule has 0 amide bonds. The Morgan fingerprint density at radius 3 is 2.71 bits per heavy atom. The van der Waals surface area contributed by atoms with Gasteiger partial charge >= 0.3 is 0 Å². The standard InChI is InChI=1S/C27H25BrN2O4/c1-27(2)33-17-21(34-27)16-32-20-9-10-22-23(26(31)24-11-8-19(28)13-29-24)15-30(25(22)12-20)14-18-6-4-3-5-7-18/h3-13,15,21H,14,16-17H2,1-2H3. The number of halogens is 1. The van der Waals surface area contributed by atoms with Crippen LogP contribution in [-0.4, -0.2) is 40.4 Å². The van der Waals surface area contributed by atoms with E-state index < -0.39 is 5.79 Å². The number of rotatable bonds is 7. The van der Waals surface area contributed by atoms with Gasteiger partial charge in [0, 0.05) is 40.4 Å². The number of carbonyl (C=O) groups excluding carboxylic acids is 1. The van der Waals surface area contributed by atoms with Crippen LogP contribution in [0, 0.1) is 0 Å². The highest BCUT2D eigenvalue weighted by Crippen LogP contribution is 2.29. The van der Waals surface area contributed by atoms with Gasteiger partial charge in [-0.1, -0.05) is 30.3 Å².